The van der Waals surface area contributed by atoms with Crippen molar-refractivity contribution >= 4 is 11.5 Å². The number of hydrogen-bond acceptors (Lipinski definition) is 6. The van der Waals surface area contributed by atoms with E-state index in [2.05, 4.69) is 10.3 Å². The van der Waals surface area contributed by atoms with Crippen molar-refractivity contribution in [3.63, 3.8) is 0 Å². The Balaban J connectivity index is 2.26. The van der Waals surface area contributed by atoms with Gasteiger partial charge in [-0.3, -0.25) is 0 Å². The minimum Gasteiger partial charge on any atom is -0.395 e. The fourth-order valence-corrected chi connectivity index (χ4v) is 1.34. The molecule has 6 heteroatoms. The van der Waals surface area contributed by atoms with Crippen LogP contribution in [0, 0.1) is 11.3 Å². The Bertz CT molecular complexity index is 404. The molecule has 0 aliphatic rings. The fraction of sp³-hybridized carbons (Fsp3) is 0.500. The summed E-state index contributed by atoms with van der Waals surface area (Å²) in [4.78, 5) is 4.09. The topological polar surface area (TPSA) is 93.2 Å². The van der Waals surface area contributed by atoms with Gasteiger partial charge in [-0.2, -0.15) is 5.26 Å². The predicted octanol–water partition coefficient (Wildman–Crippen LogP) is 1.00. The Kier molecular flexibility index (Phi) is 6.54. The Labute approximate surface area is 107 Å². The normalized spacial score (nSPS) is 10.0. The second-order valence-corrected chi connectivity index (χ2v) is 3.62. The molecular formula is C12H18N4O2. The third kappa shape index (κ3) is 4.57. The number of hydrogen-bond donors (Lipinski definition) is 2. The molecule has 1 heterocycles. The zero-order valence-electron chi connectivity index (χ0n) is 10.5. The number of ether oxygens (including phenoxy) is 2. The highest BCUT2D eigenvalue weighted by Crippen LogP contribution is 2.18. The standard InChI is InChI=1S/C12H18N4O2/c1-17-7-8-18-6-2-4-15-12-11(14)10(9-13)3-5-16-12/h3,5H,2,4,6-8,14H2,1H3,(H,15,16). The number of pyridine rings is 1. The molecule has 1 aromatic heterocycles. The lowest BCUT2D eigenvalue weighted by Gasteiger charge is -2.09. The SMILES string of the molecule is COCCOCCCNc1nccc(C#N)c1N. The molecule has 0 aliphatic carbocycles. The van der Waals surface area contributed by atoms with E-state index in [4.69, 9.17) is 20.5 Å². The number of aromatic nitrogens is 1. The van der Waals surface area contributed by atoms with Gasteiger partial charge in [0.1, 0.15) is 6.07 Å². The van der Waals surface area contributed by atoms with Gasteiger partial charge < -0.3 is 20.5 Å². The monoisotopic (exact) mass is 250 g/mol. The van der Waals surface area contributed by atoms with E-state index in [9.17, 15) is 0 Å². The van der Waals surface area contributed by atoms with E-state index in [0.29, 0.717) is 43.4 Å². The highest BCUT2D eigenvalue weighted by atomic mass is 16.5. The number of anilines is 2. The van der Waals surface area contributed by atoms with Crippen LogP contribution in [0.2, 0.25) is 0 Å². The van der Waals surface area contributed by atoms with Gasteiger partial charge in [0.2, 0.25) is 0 Å². The molecule has 0 unspecified atom stereocenters. The van der Waals surface area contributed by atoms with Crippen molar-refractivity contribution in [2.45, 2.75) is 6.42 Å². The van der Waals surface area contributed by atoms with Crippen molar-refractivity contribution in [2.24, 2.45) is 0 Å². The third-order valence-corrected chi connectivity index (χ3v) is 2.30. The average Bonchev–Trinajstić information content (AvgIpc) is 2.39. The van der Waals surface area contributed by atoms with Crippen LogP contribution >= 0.6 is 0 Å². The van der Waals surface area contributed by atoms with Gasteiger partial charge in [-0.25, -0.2) is 4.98 Å². The van der Waals surface area contributed by atoms with Gasteiger partial charge in [0.15, 0.2) is 5.82 Å². The van der Waals surface area contributed by atoms with Crippen LogP contribution in [0.5, 0.6) is 0 Å². The van der Waals surface area contributed by atoms with E-state index >= 15 is 0 Å². The number of rotatable bonds is 8. The van der Waals surface area contributed by atoms with E-state index in [1.165, 1.54) is 0 Å². The van der Waals surface area contributed by atoms with E-state index in [0.717, 1.165) is 6.42 Å². The van der Waals surface area contributed by atoms with Gasteiger partial charge in [-0.15, -0.1) is 0 Å². The maximum Gasteiger partial charge on any atom is 0.150 e. The number of nitrogens with two attached hydrogens (primary N) is 1. The van der Waals surface area contributed by atoms with Gasteiger partial charge in [-0.1, -0.05) is 0 Å². The van der Waals surface area contributed by atoms with E-state index in [-0.39, 0.29) is 0 Å². The van der Waals surface area contributed by atoms with Gasteiger partial charge in [0.05, 0.1) is 24.5 Å². The second-order valence-electron chi connectivity index (χ2n) is 3.62. The Morgan fingerprint density at radius 3 is 3.00 bits per heavy atom. The quantitative estimate of drug-likeness (QED) is 0.668. The summed E-state index contributed by atoms with van der Waals surface area (Å²) in [6.07, 6.45) is 2.40. The molecule has 3 N–H and O–H groups in total. The summed E-state index contributed by atoms with van der Waals surface area (Å²) in [5.41, 5.74) is 6.60. The summed E-state index contributed by atoms with van der Waals surface area (Å²) in [6.45, 7) is 2.54. The summed E-state index contributed by atoms with van der Waals surface area (Å²) in [5.74, 6) is 0.547. The van der Waals surface area contributed by atoms with E-state index in [1.807, 2.05) is 6.07 Å². The van der Waals surface area contributed by atoms with E-state index in [1.54, 1.807) is 19.4 Å². The first-order valence-electron chi connectivity index (χ1n) is 5.74. The maximum atomic E-state index is 8.82. The first-order chi connectivity index (χ1) is 8.79. The molecular weight excluding hydrogens is 232 g/mol. The van der Waals surface area contributed by atoms with Crippen LogP contribution in [-0.2, 0) is 9.47 Å². The molecule has 0 atom stereocenters. The molecule has 0 aromatic carbocycles. The molecule has 0 radical (unpaired) electrons. The van der Waals surface area contributed by atoms with Gasteiger partial charge in [0.25, 0.3) is 0 Å². The maximum absolute atomic E-state index is 8.82. The first kappa shape index (κ1) is 14.2. The molecule has 0 fully saturated rings. The molecule has 18 heavy (non-hydrogen) atoms. The van der Waals surface area contributed by atoms with Crippen LogP contribution < -0.4 is 11.1 Å². The molecule has 0 spiro atoms. The summed E-state index contributed by atoms with van der Waals surface area (Å²) < 4.78 is 10.2. The van der Waals surface area contributed by atoms with Crippen LogP contribution in [0.1, 0.15) is 12.0 Å². The number of methoxy groups -OCH3 is 1. The summed E-state index contributed by atoms with van der Waals surface area (Å²) in [5, 5.41) is 11.9. The van der Waals surface area contributed by atoms with Gasteiger partial charge >= 0.3 is 0 Å². The largest absolute Gasteiger partial charge is 0.395 e. The lowest BCUT2D eigenvalue weighted by molar-refractivity contribution is 0.0705. The molecule has 1 rings (SSSR count). The van der Waals surface area contributed by atoms with Crippen LogP contribution in [0.15, 0.2) is 12.3 Å². The van der Waals surface area contributed by atoms with Gasteiger partial charge in [0, 0.05) is 26.5 Å². The molecule has 0 amide bonds. The number of nitrogen functional groups attached to an aromatic ring is 1. The zero-order chi connectivity index (χ0) is 13.2. The zero-order valence-corrected chi connectivity index (χ0v) is 10.5. The molecule has 98 valence electrons. The molecule has 0 bridgehead atoms. The summed E-state index contributed by atoms with van der Waals surface area (Å²) in [7, 11) is 1.64. The minimum atomic E-state index is 0.389. The number of nitrogens with zero attached hydrogens (tertiary/aromatic N) is 2. The Hall–Kier alpha value is -1.84. The fourth-order valence-electron chi connectivity index (χ4n) is 1.34. The second kappa shape index (κ2) is 8.28. The smallest absolute Gasteiger partial charge is 0.150 e. The van der Waals surface area contributed by atoms with Crippen LogP contribution in [-0.4, -0.2) is 38.5 Å². The lowest BCUT2D eigenvalue weighted by atomic mass is 10.2. The van der Waals surface area contributed by atoms with E-state index < -0.39 is 0 Å². The molecule has 0 saturated carbocycles. The Morgan fingerprint density at radius 2 is 2.28 bits per heavy atom. The van der Waals surface area contributed by atoms with Crippen molar-refractivity contribution < 1.29 is 9.47 Å². The lowest BCUT2D eigenvalue weighted by Crippen LogP contribution is -2.10. The first-order valence-corrected chi connectivity index (χ1v) is 5.74. The Morgan fingerprint density at radius 1 is 1.44 bits per heavy atom. The third-order valence-electron chi connectivity index (χ3n) is 2.30. The van der Waals surface area contributed by atoms with Crippen LogP contribution in [0.25, 0.3) is 0 Å². The van der Waals surface area contributed by atoms with Crippen molar-refractivity contribution in [3.05, 3.63) is 17.8 Å². The van der Waals surface area contributed by atoms with Crippen molar-refractivity contribution in [2.75, 3.05) is 44.5 Å². The predicted molar refractivity (Wildman–Crippen MR) is 69.2 cm³/mol. The molecule has 0 aliphatic heterocycles. The minimum absolute atomic E-state index is 0.389. The summed E-state index contributed by atoms with van der Waals surface area (Å²) >= 11 is 0. The van der Waals surface area contributed by atoms with Crippen LogP contribution in [0.4, 0.5) is 11.5 Å². The van der Waals surface area contributed by atoms with Crippen LogP contribution in [0.3, 0.4) is 0 Å². The van der Waals surface area contributed by atoms with Crippen molar-refractivity contribution in [1.82, 2.24) is 4.98 Å². The average molecular weight is 250 g/mol. The summed E-state index contributed by atoms with van der Waals surface area (Å²) in [6, 6.07) is 3.61. The van der Waals surface area contributed by atoms with Crippen molar-refractivity contribution in [1.29, 1.82) is 5.26 Å². The number of nitriles is 1. The molecule has 6 nitrogen and oxygen atoms in total. The van der Waals surface area contributed by atoms with Crippen molar-refractivity contribution in [3.8, 4) is 6.07 Å². The highest BCUT2D eigenvalue weighted by Gasteiger charge is 2.04. The highest BCUT2D eigenvalue weighted by molar-refractivity contribution is 5.68. The number of nitrogens with one attached hydrogen (secondary N) is 1. The molecule has 1 aromatic rings. The molecule has 0 saturated heterocycles. The van der Waals surface area contributed by atoms with Gasteiger partial charge in [-0.05, 0) is 12.5 Å².